The fourth-order valence-corrected chi connectivity index (χ4v) is 5.54. The minimum absolute atomic E-state index is 0.00565. The summed E-state index contributed by atoms with van der Waals surface area (Å²) in [6.45, 7) is 3.82. The number of anilines is 1. The van der Waals surface area contributed by atoms with Crippen molar-refractivity contribution in [1.82, 2.24) is 0 Å². The number of amides is 2. The molecule has 2 atom stereocenters. The van der Waals surface area contributed by atoms with E-state index in [-0.39, 0.29) is 29.4 Å². The highest BCUT2D eigenvalue weighted by molar-refractivity contribution is 7.91. The molecule has 2 aliphatic heterocycles. The van der Waals surface area contributed by atoms with Crippen molar-refractivity contribution < 1.29 is 18.0 Å². The Morgan fingerprint density at radius 3 is 2.55 bits per heavy atom. The molecule has 2 heterocycles. The molecule has 0 bridgehead atoms. The highest BCUT2D eigenvalue weighted by atomic mass is 32.2. The SMILES string of the molecule is Cc1cccc(N2C(=O)c3ccccc3[C@H](C=N[C@@H]3CCS(=O)(=O)C3)C2=O)c1C. The van der Waals surface area contributed by atoms with Gasteiger partial charge in [-0.05, 0) is 49.1 Å². The molecule has 2 aromatic carbocycles. The van der Waals surface area contributed by atoms with Crippen molar-refractivity contribution in [2.24, 2.45) is 4.99 Å². The minimum atomic E-state index is -3.06. The number of imide groups is 1. The average molecular weight is 410 g/mol. The Morgan fingerprint density at radius 1 is 1.07 bits per heavy atom. The molecule has 150 valence electrons. The van der Waals surface area contributed by atoms with E-state index in [1.54, 1.807) is 30.3 Å². The van der Waals surface area contributed by atoms with Crippen LogP contribution in [0, 0.1) is 13.8 Å². The van der Waals surface area contributed by atoms with Crippen LogP contribution in [0.3, 0.4) is 0 Å². The maximum Gasteiger partial charge on any atom is 0.265 e. The topological polar surface area (TPSA) is 83.9 Å². The number of rotatable bonds is 3. The van der Waals surface area contributed by atoms with Gasteiger partial charge in [0.25, 0.3) is 5.91 Å². The Labute approximate surface area is 170 Å². The Bertz CT molecular complexity index is 1140. The number of fused-ring (bicyclic) bond motifs is 1. The summed E-state index contributed by atoms with van der Waals surface area (Å²) in [6.07, 6.45) is 1.98. The van der Waals surface area contributed by atoms with E-state index in [9.17, 15) is 18.0 Å². The highest BCUT2D eigenvalue weighted by Crippen LogP contribution is 2.34. The molecule has 1 fully saturated rings. The van der Waals surface area contributed by atoms with E-state index in [0.717, 1.165) is 11.1 Å². The quantitative estimate of drug-likeness (QED) is 0.575. The first-order valence-electron chi connectivity index (χ1n) is 9.55. The van der Waals surface area contributed by atoms with Crippen LogP contribution in [0.4, 0.5) is 5.69 Å². The van der Waals surface area contributed by atoms with Crippen molar-refractivity contribution in [1.29, 1.82) is 0 Å². The van der Waals surface area contributed by atoms with E-state index in [1.807, 2.05) is 26.0 Å². The summed E-state index contributed by atoms with van der Waals surface area (Å²) < 4.78 is 23.4. The molecule has 0 saturated carbocycles. The second-order valence-electron chi connectivity index (χ2n) is 7.62. The molecule has 0 N–H and O–H groups in total. The number of benzene rings is 2. The number of hydrogen-bond acceptors (Lipinski definition) is 5. The van der Waals surface area contributed by atoms with Crippen molar-refractivity contribution in [3.8, 4) is 0 Å². The Hall–Kier alpha value is -2.80. The van der Waals surface area contributed by atoms with Gasteiger partial charge in [-0.25, -0.2) is 13.3 Å². The predicted molar refractivity (Wildman–Crippen MR) is 112 cm³/mol. The van der Waals surface area contributed by atoms with E-state index >= 15 is 0 Å². The first kappa shape index (κ1) is 19.5. The van der Waals surface area contributed by atoms with Crippen molar-refractivity contribution in [3.63, 3.8) is 0 Å². The summed E-state index contributed by atoms with van der Waals surface area (Å²) in [4.78, 5) is 32.2. The number of carbonyl (C=O) groups is 2. The van der Waals surface area contributed by atoms with Gasteiger partial charge in [-0.2, -0.15) is 0 Å². The normalized spacial score (nSPS) is 23.6. The predicted octanol–water partition coefficient (Wildman–Crippen LogP) is 2.83. The third-order valence-electron chi connectivity index (χ3n) is 5.69. The molecule has 0 aliphatic carbocycles. The van der Waals surface area contributed by atoms with E-state index in [4.69, 9.17) is 0 Å². The largest absolute Gasteiger partial charge is 0.292 e. The van der Waals surface area contributed by atoms with E-state index in [2.05, 4.69) is 4.99 Å². The molecule has 0 aromatic heterocycles. The maximum atomic E-state index is 13.4. The number of aliphatic imine (C=N–C) groups is 1. The van der Waals surface area contributed by atoms with Crippen LogP contribution >= 0.6 is 0 Å². The summed E-state index contributed by atoms with van der Waals surface area (Å²) in [7, 11) is -3.06. The molecule has 7 heteroatoms. The number of sulfone groups is 1. The second kappa shape index (κ2) is 7.22. The zero-order chi connectivity index (χ0) is 20.8. The van der Waals surface area contributed by atoms with Gasteiger partial charge in [-0.3, -0.25) is 14.6 Å². The average Bonchev–Trinajstić information content (AvgIpc) is 3.04. The summed E-state index contributed by atoms with van der Waals surface area (Å²) >= 11 is 0. The molecule has 6 nitrogen and oxygen atoms in total. The van der Waals surface area contributed by atoms with Crippen molar-refractivity contribution in [2.45, 2.75) is 32.2 Å². The Balaban J connectivity index is 1.77. The van der Waals surface area contributed by atoms with Crippen LogP contribution in [0.2, 0.25) is 0 Å². The summed E-state index contributed by atoms with van der Waals surface area (Å²) in [6, 6.07) is 12.2. The van der Waals surface area contributed by atoms with Gasteiger partial charge in [0.2, 0.25) is 5.91 Å². The molecule has 2 aliphatic rings. The fourth-order valence-electron chi connectivity index (χ4n) is 3.91. The third-order valence-corrected chi connectivity index (χ3v) is 7.44. The van der Waals surface area contributed by atoms with Gasteiger partial charge in [0.15, 0.2) is 9.84 Å². The van der Waals surface area contributed by atoms with Gasteiger partial charge in [0.1, 0.15) is 0 Å². The monoisotopic (exact) mass is 410 g/mol. The van der Waals surface area contributed by atoms with Gasteiger partial charge in [-0.1, -0.05) is 30.3 Å². The standard InChI is InChI=1S/C22H22N2O4S/c1-14-6-5-9-20(15(14)2)24-21(25)18-8-4-3-7-17(18)19(22(24)26)12-23-16-10-11-29(27,28)13-16/h3-9,12,16,19H,10-11,13H2,1-2H3/t16-,19+/m1/s1. The lowest BCUT2D eigenvalue weighted by Crippen LogP contribution is -2.46. The molecule has 4 rings (SSSR count). The van der Waals surface area contributed by atoms with Crippen molar-refractivity contribution in [3.05, 3.63) is 64.7 Å². The number of carbonyl (C=O) groups excluding carboxylic acids is 2. The van der Waals surface area contributed by atoms with Gasteiger partial charge in [-0.15, -0.1) is 0 Å². The lowest BCUT2D eigenvalue weighted by Gasteiger charge is -2.32. The van der Waals surface area contributed by atoms with Crippen LogP contribution in [0.1, 0.15) is 39.4 Å². The summed E-state index contributed by atoms with van der Waals surface area (Å²) in [5.41, 5.74) is 3.49. The summed E-state index contributed by atoms with van der Waals surface area (Å²) in [5.74, 6) is -1.32. The number of hydrogen-bond donors (Lipinski definition) is 0. The van der Waals surface area contributed by atoms with Crippen molar-refractivity contribution >= 4 is 33.6 Å². The second-order valence-corrected chi connectivity index (χ2v) is 9.85. The Kier molecular flexibility index (Phi) is 4.86. The minimum Gasteiger partial charge on any atom is -0.292 e. The lowest BCUT2D eigenvalue weighted by molar-refractivity contribution is -0.118. The van der Waals surface area contributed by atoms with E-state index in [1.165, 1.54) is 11.1 Å². The van der Waals surface area contributed by atoms with Crippen LogP contribution in [0.25, 0.3) is 0 Å². The molecule has 2 aromatic rings. The lowest BCUT2D eigenvalue weighted by atomic mass is 9.88. The molecule has 1 saturated heterocycles. The fraction of sp³-hybridized carbons (Fsp3) is 0.318. The van der Waals surface area contributed by atoms with Crippen LogP contribution in [-0.4, -0.2) is 44.0 Å². The smallest absolute Gasteiger partial charge is 0.265 e. The van der Waals surface area contributed by atoms with Crippen LogP contribution in [0.15, 0.2) is 47.5 Å². The number of nitrogens with zero attached hydrogens (tertiary/aromatic N) is 2. The first-order chi connectivity index (χ1) is 13.8. The van der Waals surface area contributed by atoms with Crippen LogP contribution in [-0.2, 0) is 14.6 Å². The molecular formula is C22H22N2O4S. The highest BCUT2D eigenvalue weighted by Gasteiger charge is 2.39. The summed E-state index contributed by atoms with van der Waals surface area (Å²) in [5, 5.41) is 0. The van der Waals surface area contributed by atoms with Crippen LogP contribution in [0.5, 0.6) is 0 Å². The molecule has 2 amide bonds. The van der Waals surface area contributed by atoms with E-state index < -0.39 is 15.8 Å². The first-order valence-corrected chi connectivity index (χ1v) is 11.4. The molecule has 0 unspecified atom stereocenters. The molecule has 0 spiro atoms. The third kappa shape index (κ3) is 3.51. The molecule has 29 heavy (non-hydrogen) atoms. The Morgan fingerprint density at radius 2 is 1.83 bits per heavy atom. The molecular weight excluding hydrogens is 388 g/mol. The van der Waals surface area contributed by atoms with Gasteiger partial charge in [0, 0.05) is 11.8 Å². The van der Waals surface area contributed by atoms with Crippen LogP contribution < -0.4 is 4.90 Å². The van der Waals surface area contributed by atoms with Gasteiger partial charge >= 0.3 is 0 Å². The van der Waals surface area contributed by atoms with Gasteiger partial charge in [0.05, 0.1) is 29.2 Å². The zero-order valence-electron chi connectivity index (χ0n) is 16.3. The molecule has 0 radical (unpaired) electrons. The van der Waals surface area contributed by atoms with Crippen molar-refractivity contribution in [2.75, 3.05) is 16.4 Å². The number of aryl methyl sites for hydroxylation is 1. The zero-order valence-corrected chi connectivity index (χ0v) is 17.1. The maximum absolute atomic E-state index is 13.4. The van der Waals surface area contributed by atoms with Gasteiger partial charge < -0.3 is 0 Å². The van der Waals surface area contributed by atoms with E-state index in [0.29, 0.717) is 23.2 Å².